The molecule has 2 aromatic carbocycles. The zero-order valence-corrected chi connectivity index (χ0v) is 21.1. The molecule has 1 heterocycles. The van der Waals surface area contributed by atoms with Crippen molar-refractivity contribution < 1.29 is 24.1 Å². The standard InChI is InChI=1S/C28H38N2O5/c1-4-24(31)29-25-21-10-6-7-11-22(21)28(27(25)35-18-17-33-3)13-15-30(16-14-28)19-20-9-8-12-23(26(20)32)34-5-2/h6-12,25,27,32H,4-5,13-19H2,1-3H3,(H,29,31)/t25-,27+/m0/s1. The first-order chi connectivity index (χ1) is 17.0. The van der Waals surface area contributed by atoms with Gasteiger partial charge in [0.2, 0.25) is 5.91 Å². The number of hydrogen-bond donors (Lipinski definition) is 2. The molecule has 0 saturated carbocycles. The van der Waals surface area contributed by atoms with Crippen LogP contribution in [0.1, 0.15) is 55.8 Å². The van der Waals surface area contributed by atoms with E-state index in [2.05, 4.69) is 28.4 Å². The SMILES string of the molecule is CCOc1cccc(CN2CCC3(CC2)c2ccccc2[C@H](NC(=O)CC)[C@H]3OCCOC)c1O. The number of phenolic OH excluding ortho intramolecular Hbond substituents is 1. The van der Waals surface area contributed by atoms with Crippen molar-refractivity contribution in [2.24, 2.45) is 0 Å². The molecule has 1 fully saturated rings. The highest BCUT2D eigenvalue weighted by Crippen LogP contribution is 2.52. The maximum Gasteiger partial charge on any atom is 0.220 e. The number of nitrogens with one attached hydrogen (secondary N) is 1. The second-order valence-corrected chi connectivity index (χ2v) is 9.40. The maximum absolute atomic E-state index is 12.5. The predicted molar refractivity (Wildman–Crippen MR) is 135 cm³/mol. The highest BCUT2D eigenvalue weighted by molar-refractivity contribution is 5.76. The van der Waals surface area contributed by atoms with Gasteiger partial charge >= 0.3 is 0 Å². The lowest BCUT2D eigenvalue weighted by atomic mass is 9.71. The number of benzene rings is 2. The van der Waals surface area contributed by atoms with E-state index in [1.807, 2.05) is 32.0 Å². The van der Waals surface area contributed by atoms with E-state index in [-0.39, 0.29) is 29.2 Å². The summed E-state index contributed by atoms with van der Waals surface area (Å²) in [5, 5.41) is 13.9. The Morgan fingerprint density at radius 2 is 1.89 bits per heavy atom. The van der Waals surface area contributed by atoms with Crippen LogP contribution in [0.3, 0.4) is 0 Å². The summed E-state index contributed by atoms with van der Waals surface area (Å²) in [5.74, 6) is 0.789. The minimum absolute atomic E-state index is 0.0317. The fourth-order valence-corrected chi connectivity index (χ4v) is 5.67. The van der Waals surface area contributed by atoms with Crippen LogP contribution in [0, 0.1) is 0 Å². The first-order valence-electron chi connectivity index (χ1n) is 12.7. The van der Waals surface area contributed by atoms with Crippen LogP contribution in [-0.4, -0.2) is 62.0 Å². The minimum Gasteiger partial charge on any atom is -0.504 e. The van der Waals surface area contributed by atoms with Crippen molar-refractivity contribution in [2.45, 2.75) is 57.2 Å². The number of likely N-dealkylation sites (tertiary alicyclic amines) is 1. The number of carbonyl (C=O) groups is 1. The number of carbonyl (C=O) groups excluding carboxylic acids is 1. The number of methoxy groups -OCH3 is 1. The minimum atomic E-state index is -0.179. The largest absolute Gasteiger partial charge is 0.504 e. The Balaban J connectivity index is 1.56. The van der Waals surface area contributed by atoms with Gasteiger partial charge in [0.05, 0.1) is 32.0 Å². The van der Waals surface area contributed by atoms with Crippen molar-refractivity contribution in [2.75, 3.05) is 40.0 Å². The topological polar surface area (TPSA) is 80.3 Å². The van der Waals surface area contributed by atoms with Gasteiger partial charge in [0.25, 0.3) is 0 Å². The number of nitrogens with zero attached hydrogens (tertiary/aromatic N) is 1. The molecule has 1 aliphatic carbocycles. The van der Waals surface area contributed by atoms with E-state index in [1.165, 1.54) is 5.56 Å². The van der Waals surface area contributed by atoms with Crippen LogP contribution in [0.4, 0.5) is 0 Å². The summed E-state index contributed by atoms with van der Waals surface area (Å²) in [4.78, 5) is 14.8. The van der Waals surface area contributed by atoms with Crippen LogP contribution < -0.4 is 10.1 Å². The molecule has 1 spiro atoms. The normalized spacial score (nSPS) is 21.1. The molecule has 0 unspecified atom stereocenters. The number of hydrogen-bond acceptors (Lipinski definition) is 6. The third-order valence-corrected chi connectivity index (χ3v) is 7.43. The van der Waals surface area contributed by atoms with Crippen LogP contribution in [0.25, 0.3) is 0 Å². The lowest BCUT2D eigenvalue weighted by Crippen LogP contribution is -2.51. The number of aromatic hydroxyl groups is 1. The maximum atomic E-state index is 12.5. The fourth-order valence-electron chi connectivity index (χ4n) is 5.67. The van der Waals surface area contributed by atoms with Gasteiger partial charge in [0.1, 0.15) is 0 Å². The van der Waals surface area contributed by atoms with E-state index in [0.717, 1.165) is 37.1 Å². The van der Waals surface area contributed by atoms with Crippen LogP contribution in [0.2, 0.25) is 0 Å². The van der Waals surface area contributed by atoms with E-state index in [1.54, 1.807) is 13.2 Å². The molecule has 2 aliphatic rings. The van der Waals surface area contributed by atoms with Crippen molar-refractivity contribution in [1.82, 2.24) is 10.2 Å². The van der Waals surface area contributed by atoms with Crippen LogP contribution in [-0.2, 0) is 26.2 Å². The summed E-state index contributed by atoms with van der Waals surface area (Å²) < 4.78 is 17.3. The summed E-state index contributed by atoms with van der Waals surface area (Å²) in [5.41, 5.74) is 3.14. The molecular weight excluding hydrogens is 444 g/mol. The molecule has 0 bridgehead atoms. The molecule has 7 nitrogen and oxygen atoms in total. The Labute approximate surface area is 208 Å². The Morgan fingerprint density at radius 3 is 2.60 bits per heavy atom. The Hall–Kier alpha value is -2.61. The van der Waals surface area contributed by atoms with Crippen molar-refractivity contribution in [3.05, 3.63) is 59.2 Å². The van der Waals surface area contributed by atoms with Gasteiger partial charge in [-0.15, -0.1) is 0 Å². The van der Waals surface area contributed by atoms with Gasteiger partial charge in [-0.05, 0) is 50.0 Å². The average Bonchev–Trinajstić information content (AvgIpc) is 3.12. The summed E-state index contributed by atoms with van der Waals surface area (Å²) >= 11 is 0. The van der Waals surface area contributed by atoms with E-state index < -0.39 is 0 Å². The zero-order chi connectivity index (χ0) is 24.8. The molecule has 190 valence electrons. The Bertz CT molecular complexity index is 1000. The summed E-state index contributed by atoms with van der Waals surface area (Å²) in [6.07, 6.45) is 2.11. The lowest BCUT2D eigenvalue weighted by molar-refractivity contribution is -0.124. The molecule has 4 rings (SSSR count). The van der Waals surface area contributed by atoms with Crippen molar-refractivity contribution in [3.8, 4) is 11.5 Å². The quantitative estimate of drug-likeness (QED) is 0.500. The number of rotatable bonds is 10. The fraction of sp³-hybridized carbons (Fsp3) is 0.536. The smallest absolute Gasteiger partial charge is 0.220 e. The van der Waals surface area contributed by atoms with E-state index in [9.17, 15) is 9.90 Å². The molecule has 1 aliphatic heterocycles. The molecular formula is C28H38N2O5. The van der Waals surface area contributed by atoms with E-state index in [4.69, 9.17) is 14.2 Å². The second kappa shape index (κ2) is 11.4. The van der Waals surface area contributed by atoms with Crippen LogP contribution in [0.5, 0.6) is 11.5 Å². The molecule has 7 heteroatoms. The van der Waals surface area contributed by atoms with Gasteiger partial charge in [-0.25, -0.2) is 0 Å². The van der Waals surface area contributed by atoms with Crippen molar-refractivity contribution in [3.63, 3.8) is 0 Å². The van der Waals surface area contributed by atoms with Crippen LogP contribution in [0.15, 0.2) is 42.5 Å². The van der Waals surface area contributed by atoms with Gasteiger partial charge in [-0.2, -0.15) is 0 Å². The number of amides is 1. The third kappa shape index (κ3) is 5.17. The van der Waals surface area contributed by atoms with Crippen molar-refractivity contribution >= 4 is 5.91 Å². The molecule has 1 saturated heterocycles. The number of ether oxygens (including phenoxy) is 3. The highest BCUT2D eigenvalue weighted by Gasteiger charge is 2.54. The van der Waals surface area contributed by atoms with Gasteiger partial charge in [0.15, 0.2) is 11.5 Å². The average molecular weight is 483 g/mol. The van der Waals surface area contributed by atoms with Gasteiger partial charge in [-0.1, -0.05) is 43.3 Å². The molecule has 35 heavy (non-hydrogen) atoms. The number of phenols is 1. The monoisotopic (exact) mass is 482 g/mol. The molecule has 1 amide bonds. The van der Waals surface area contributed by atoms with Crippen molar-refractivity contribution in [1.29, 1.82) is 0 Å². The third-order valence-electron chi connectivity index (χ3n) is 7.43. The molecule has 0 radical (unpaired) electrons. The second-order valence-electron chi connectivity index (χ2n) is 9.40. The summed E-state index contributed by atoms with van der Waals surface area (Å²) in [7, 11) is 1.67. The number of piperidine rings is 1. The Morgan fingerprint density at radius 1 is 1.11 bits per heavy atom. The first kappa shape index (κ1) is 25.5. The predicted octanol–water partition coefficient (Wildman–Crippen LogP) is 3.94. The van der Waals surface area contributed by atoms with E-state index >= 15 is 0 Å². The molecule has 2 aromatic rings. The number of fused-ring (bicyclic) bond motifs is 2. The van der Waals surface area contributed by atoms with Crippen LogP contribution >= 0.6 is 0 Å². The number of para-hydroxylation sites is 1. The lowest BCUT2D eigenvalue weighted by Gasteiger charge is -2.44. The summed E-state index contributed by atoms with van der Waals surface area (Å²) in [6, 6.07) is 14.0. The zero-order valence-electron chi connectivity index (χ0n) is 21.1. The first-order valence-corrected chi connectivity index (χ1v) is 12.7. The van der Waals surface area contributed by atoms with Gasteiger partial charge in [-0.3, -0.25) is 9.69 Å². The summed E-state index contributed by atoms with van der Waals surface area (Å²) in [6.45, 7) is 7.70. The van der Waals surface area contributed by atoms with E-state index in [0.29, 0.717) is 38.5 Å². The highest BCUT2D eigenvalue weighted by atomic mass is 16.5. The van der Waals surface area contributed by atoms with Gasteiger partial charge < -0.3 is 24.6 Å². The molecule has 2 atom stereocenters. The molecule has 2 N–H and O–H groups in total. The Kier molecular flexibility index (Phi) is 8.31. The van der Waals surface area contributed by atoms with Gasteiger partial charge in [0, 0.05) is 31.1 Å². The molecule has 0 aromatic heterocycles.